The van der Waals surface area contributed by atoms with Crippen molar-refractivity contribution in [1.82, 2.24) is 4.98 Å². The highest BCUT2D eigenvalue weighted by Crippen LogP contribution is 2.39. The second-order valence-electron chi connectivity index (χ2n) is 7.06. The minimum absolute atomic E-state index is 0.0753. The molecule has 0 saturated heterocycles. The number of ether oxygens (including phenoxy) is 2. The molecule has 7 heteroatoms. The fourth-order valence-corrected chi connectivity index (χ4v) is 4.07. The Balaban J connectivity index is 1.69. The number of thiazole rings is 1. The summed E-state index contributed by atoms with van der Waals surface area (Å²) in [6, 6.07) is 12.9. The summed E-state index contributed by atoms with van der Waals surface area (Å²) in [6.45, 7) is 4.28. The van der Waals surface area contributed by atoms with Crippen LogP contribution < -0.4 is 9.64 Å². The zero-order valence-corrected chi connectivity index (χ0v) is 17.9. The quantitative estimate of drug-likeness (QED) is 0.562. The van der Waals surface area contributed by atoms with Gasteiger partial charge in [-0.2, -0.15) is 0 Å². The van der Waals surface area contributed by atoms with E-state index in [1.165, 1.54) is 7.11 Å². The first-order valence-corrected chi connectivity index (χ1v) is 10.6. The molecule has 30 heavy (non-hydrogen) atoms. The largest absolute Gasteiger partial charge is 0.478 e. The molecule has 0 radical (unpaired) electrons. The molecule has 1 amide bonds. The minimum atomic E-state index is -0.515. The molecule has 0 spiro atoms. The van der Waals surface area contributed by atoms with E-state index in [4.69, 9.17) is 9.47 Å². The second-order valence-corrected chi connectivity index (χ2v) is 8.12. The third kappa shape index (κ3) is 3.80. The van der Waals surface area contributed by atoms with E-state index in [1.807, 2.05) is 49.6 Å². The van der Waals surface area contributed by atoms with Crippen LogP contribution in [0.4, 0.5) is 5.69 Å². The molecule has 0 N–H and O–H groups in total. The van der Waals surface area contributed by atoms with Crippen LogP contribution in [0.1, 0.15) is 34.3 Å². The molecular formula is C23H22N2O4S. The highest BCUT2D eigenvalue weighted by atomic mass is 32.1. The first-order valence-electron chi connectivity index (χ1n) is 9.72. The summed E-state index contributed by atoms with van der Waals surface area (Å²) < 4.78 is 10.7. The summed E-state index contributed by atoms with van der Waals surface area (Å²) in [5.41, 5.74) is 3.93. The van der Waals surface area contributed by atoms with Gasteiger partial charge in [0.2, 0.25) is 0 Å². The van der Waals surface area contributed by atoms with Crippen LogP contribution in [0.25, 0.3) is 11.3 Å². The SMILES string of the molecule is CCC1Oc2ccc(-c3csc(C)n3)cc2N(Cc2ccc(C(=O)OC)cc2)C1=O. The number of aromatic nitrogens is 1. The number of aryl methyl sites for hydroxylation is 1. The van der Waals surface area contributed by atoms with Crippen LogP contribution in [-0.2, 0) is 16.1 Å². The molecule has 154 valence electrons. The maximum Gasteiger partial charge on any atom is 0.337 e. The normalized spacial score (nSPS) is 15.5. The molecule has 2 heterocycles. The lowest BCUT2D eigenvalue weighted by Gasteiger charge is -2.34. The van der Waals surface area contributed by atoms with Gasteiger partial charge < -0.3 is 14.4 Å². The first kappa shape index (κ1) is 20.1. The number of fused-ring (bicyclic) bond motifs is 1. The number of hydrogen-bond acceptors (Lipinski definition) is 6. The smallest absolute Gasteiger partial charge is 0.337 e. The molecule has 6 nitrogen and oxygen atoms in total. The van der Waals surface area contributed by atoms with Crippen molar-refractivity contribution in [2.45, 2.75) is 32.9 Å². The van der Waals surface area contributed by atoms with E-state index in [2.05, 4.69) is 4.98 Å². The van der Waals surface area contributed by atoms with Gasteiger partial charge >= 0.3 is 5.97 Å². The number of benzene rings is 2. The molecule has 1 aliphatic rings. The van der Waals surface area contributed by atoms with E-state index in [1.54, 1.807) is 28.4 Å². The number of carbonyl (C=O) groups is 2. The second kappa shape index (κ2) is 8.28. The number of nitrogens with zero attached hydrogens (tertiary/aromatic N) is 2. The van der Waals surface area contributed by atoms with Gasteiger partial charge in [0.25, 0.3) is 5.91 Å². The Kier molecular flexibility index (Phi) is 5.55. The van der Waals surface area contributed by atoms with Gasteiger partial charge in [-0.1, -0.05) is 19.1 Å². The van der Waals surface area contributed by atoms with E-state index < -0.39 is 6.10 Å². The van der Waals surface area contributed by atoms with Gasteiger partial charge in [0.15, 0.2) is 6.10 Å². The van der Waals surface area contributed by atoms with Crippen molar-refractivity contribution >= 4 is 28.9 Å². The summed E-state index contributed by atoms with van der Waals surface area (Å²) in [7, 11) is 1.35. The Morgan fingerprint density at radius 1 is 1.23 bits per heavy atom. The van der Waals surface area contributed by atoms with Gasteiger partial charge in [0.1, 0.15) is 5.75 Å². The number of methoxy groups -OCH3 is 1. The summed E-state index contributed by atoms with van der Waals surface area (Å²) in [4.78, 5) is 31.1. The van der Waals surface area contributed by atoms with Gasteiger partial charge in [-0.25, -0.2) is 9.78 Å². The standard InChI is InChI=1S/C23H22N2O4S/c1-4-20-22(26)25(12-15-5-7-16(8-6-15)23(27)28-3)19-11-17(9-10-21(19)29-20)18-13-30-14(2)24-18/h5-11,13,20H,4,12H2,1-3H3. The van der Waals surface area contributed by atoms with Gasteiger partial charge in [-0.05, 0) is 49.2 Å². The van der Waals surface area contributed by atoms with Crippen LogP contribution in [0.2, 0.25) is 0 Å². The van der Waals surface area contributed by atoms with Crippen molar-refractivity contribution in [2.24, 2.45) is 0 Å². The number of hydrogen-bond donors (Lipinski definition) is 0. The highest BCUT2D eigenvalue weighted by molar-refractivity contribution is 7.09. The molecular weight excluding hydrogens is 400 g/mol. The van der Waals surface area contributed by atoms with Crippen molar-refractivity contribution in [3.05, 3.63) is 64.0 Å². The van der Waals surface area contributed by atoms with E-state index in [0.29, 0.717) is 24.3 Å². The molecule has 3 aromatic rings. The van der Waals surface area contributed by atoms with Crippen molar-refractivity contribution < 1.29 is 19.1 Å². The van der Waals surface area contributed by atoms with Crippen LogP contribution in [0, 0.1) is 6.92 Å². The molecule has 2 aromatic carbocycles. The lowest BCUT2D eigenvalue weighted by Crippen LogP contribution is -2.45. The number of amides is 1. The minimum Gasteiger partial charge on any atom is -0.478 e. The van der Waals surface area contributed by atoms with E-state index >= 15 is 0 Å². The van der Waals surface area contributed by atoms with Crippen LogP contribution >= 0.6 is 11.3 Å². The Bertz CT molecular complexity index is 1090. The maximum atomic E-state index is 13.1. The van der Waals surface area contributed by atoms with Gasteiger partial charge in [-0.3, -0.25) is 4.79 Å². The van der Waals surface area contributed by atoms with E-state index in [0.717, 1.165) is 27.5 Å². The van der Waals surface area contributed by atoms with Gasteiger partial charge in [-0.15, -0.1) is 11.3 Å². The zero-order valence-electron chi connectivity index (χ0n) is 17.0. The molecule has 4 rings (SSSR count). The predicted octanol–water partition coefficient (Wildman–Crippen LogP) is 4.61. The highest BCUT2D eigenvalue weighted by Gasteiger charge is 2.33. The third-order valence-corrected chi connectivity index (χ3v) is 5.84. The molecule has 0 saturated carbocycles. The number of anilines is 1. The number of rotatable bonds is 5. The first-order chi connectivity index (χ1) is 14.5. The molecule has 0 fully saturated rings. The average molecular weight is 423 g/mol. The molecule has 1 unspecified atom stereocenters. The van der Waals surface area contributed by atoms with Crippen LogP contribution in [0.5, 0.6) is 5.75 Å². The summed E-state index contributed by atoms with van der Waals surface area (Å²) >= 11 is 1.59. The van der Waals surface area contributed by atoms with Crippen molar-refractivity contribution in [3.8, 4) is 17.0 Å². The molecule has 1 atom stereocenters. The molecule has 1 aliphatic heterocycles. The average Bonchev–Trinajstić information content (AvgIpc) is 3.21. The lowest BCUT2D eigenvalue weighted by atomic mass is 10.1. The Labute approximate surface area is 179 Å². The summed E-state index contributed by atoms with van der Waals surface area (Å²) in [6.07, 6.45) is 0.0718. The zero-order chi connectivity index (χ0) is 21.3. The monoisotopic (exact) mass is 422 g/mol. The number of carbonyl (C=O) groups excluding carboxylic acids is 2. The fraction of sp³-hybridized carbons (Fsp3) is 0.261. The van der Waals surface area contributed by atoms with E-state index in [-0.39, 0.29) is 11.9 Å². The third-order valence-electron chi connectivity index (χ3n) is 5.06. The Morgan fingerprint density at radius 3 is 2.63 bits per heavy atom. The van der Waals surface area contributed by atoms with Gasteiger partial charge in [0.05, 0.1) is 35.6 Å². The van der Waals surface area contributed by atoms with Crippen LogP contribution in [0.3, 0.4) is 0 Å². The molecule has 1 aromatic heterocycles. The van der Waals surface area contributed by atoms with Crippen molar-refractivity contribution in [1.29, 1.82) is 0 Å². The van der Waals surface area contributed by atoms with Crippen LogP contribution in [-0.4, -0.2) is 30.1 Å². The maximum absolute atomic E-state index is 13.1. The Hall–Kier alpha value is -3.19. The van der Waals surface area contributed by atoms with Crippen molar-refractivity contribution in [3.63, 3.8) is 0 Å². The van der Waals surface area contributed by atoms with Gasteiger partial charge in [0, 0.05) is 10.9 Å². The summed E-state index contributed by atoms with van der Waals surface area (Å²) in [5.74, 6) is 0.223. The van der Waals surface area contributed by atoms with Crippen LogP contribution in [0.15, 0.2) is 47.8 Å². The molecule has 0 aliphatic carbocycles. The fourth-order valence-electron chi connectivity index (χ4n) is 3.45. The Morgan fingerprint density at radius 2 is 2.00 bits per heavy atom. The molecule has 0 bridgehead atoms. The lowest BCUT2D eigenvalue weighted by molar-refractivity contribution is -0.126. The predicted molar refractivity (Wildman–Crippen MR) is 116 cm³/mol. The van der Waals surface area contributed by atoms with E-state index in [9.17, 15) is 9.59 Å². The number of esters is 1. The topological polar surface area (TPSA) is 68.7 Å². The summed E-state index contributed by atoms with van der Waals surface area (Å²) in [5, 5.41) is 3.00. The van der Waals surface area contributed by atoms with Crippen molar-refractivity contribution in [2.75, 3.05) is 12.0 Å².